The van der Waals surface area contributed by atoms with Gasteiger partial charge in [0.2, 0.25) is 0 Å². The van der Waals surface area contributed by atoms with Crippen LogP contribution >= 0.6 is 15.9 Å². The van der Waals surface area contributed by atoms with Gasteiger partial charge in [-0.15, -0.1) is 0 Å². The first kappa shape index (κ1) is 38.0. The first-order valence-corrected chi connectivity index (χ1v) is 19.6. The fraction of sp³-hybridized carbons (Fsp3) is 0.500. The summed E-state index contributed by atoms with van der Waals surface area (Å²) in [5.74, 6) is 0.809. The molecule has 1 N–H and O–H groups in total. The smallest absolute Gasteiger partial charge is 0.120 e. The number of methoxy groups -OCH3 is 1. The highest BCUT2D eigenvalue weighted by molar-refractivity contribution is 9.09. The van der Waals surface area contributed by atoms with Crippen LogP contribution in [-0.2, 0) is 17.8 Å². The molecule has 0 aliphatic heterocycles. The van der Waals surface area contributed by atoms with Gasteiger partial charge in [-0.2, -0.15) is 0 Å². The average molecular weight is 744 g/mol. The minimum atomic E-state index is -0.203. The predicted molar refractivity (Wildman–Crippen MR) is 214 cm³/mol. The van der Waals surface area contributed by atoms with Crippen LogP contribution in [0.4, 0.5) is 0 Å². The summed E-state index contributed by atoms with van der Waals surface area (Å²) < 4.78 is 17.1. The van der Waals surface area contributed by atoms with E-state index in [-0.39, 0.29) is 28.6 Å². The highest BCUT2D eigenvalue weighted by atomic mass is 79.9. The van der Waals surface area contributed by atoms with Crippen molar-refractivity contribution >= 4 is 37.7 Å². The lowest BCUT2D eigenvalue weighted by atomic mass is 9.78. The first-order chi connectivity index (χ1) is 23.7. The molecule has 50 heavy (non-hydrogen) atoms. The average Bonchev–Trinajstić information content (AvgIpc) is 3.57. The van der Waals surface area contributed by atoms with Gasteiger partial charge in [-0.1, -0.05) is 80.7 Å². The molecule has 0 saturated carbocycles. The molecule has 0 amide bonds. The van der Waals surface area contributed by atoms with Crippen LogP contribution in [0.2, 0.25) is 0 Å². The van der Waals surface area contributed by atoms with Crippen molar-refractivity contribution in [1.82, 2.24) is 9.13 Å². The number of aromatic hydroxyl groups is 1. The molecule has 270 valence electrons. The number of alkyl halides is 1. The topological polar surface area (TPSA) is 48.5 Å². The Morgan fingerprint density at radius 1 is 0.720 bits per heavy atom. The van der Waals surface area contributed by atoms with Crippen molar-refractivity contribution in [3.63, 3.8) is 0 Å². The summed E-state index contributed by atoms with van der Waals surface area (Å²) in [6.45, 7) is 20.7. The van der Waals surface area contributed by atoms with Crippen molar-refractivity contribution in [2.45, 2.75) is 113 Å². The highest BCUT2D eigenvalue weighted by Crippen LogP contribution is 2.45. The SMILES string of the molecule is COc1ccc(O)c(C(c2cn(CCCCBr)c3ccc(C)cc23)c2cn(CCCCOC(CC(C)(C)C)C(C)(C)C)c3ccc(C)cc23)c1. The van der Waals surface area contributed by atoms with Crippen LogP contribution in [0.1, 0.15) is 107 Å². The van der Waals surface area contributed by atoms with Crippen molar-refractivity contribution in [2.24, 2.45) is 10.8 Å². The molecular weight excluding hydrogens is 684 g/mol. The van der Waals surface area contributed by atoms with Crippen molar-refractivity contribution in [3.8, 4) is 11.5 Å². The molecular formula is C44H59BrN2O3. The number of hydrogen-bond acceptors (Lipinski definition) is 3. The maximum Gasteiger partial charge on any atom is 0.120 e. The molecule has 0 aliphatic rings. The zero-order chi connectivity index (χ0) is 36.2. The summed E-state index contributed by atoms with van der Waals surface area (Å²) >= 11 is 3.62. The number of hydrogen-bond donors (Lipinski definition) is 1. The lowest BCUT2D eigenvalue weighted by Gasteiger charge is -2.35. The molecule has 0 spiro atoms. The molecule has 2 atom stereocenters. The van der Waals surface area contributed by atoms with Crippen molar-refractivity contribution in [1.29, 1.82) is 0 Å². The van der Waals surface area contributed by atoms with Crippen molar-refractivity contribution in [2.75, 3.05) is 19.0 Å². The Morgan fingerprint density at radius 2 is 1.28 bits per heavy atom. The number of unbranched alkanes of at least 4 members (excludes halogenated alkanes) is 2. The van der Waals surface area contributed by atoms with E-state index >= 15 is 0 Å². The Labute approximate surface area is 309 Å². The summed E-state index contributed by atoms with van der Waals surface area (Å²) in [7, 11) is 1.69. The van der Waals surface area contributed by atoms with Gasteiger partial charge in [0.05, 0.1) is 13.2 Å². The Kier molecular flexibility index (Phi) is 12.2. The molecule has 0 radical (unpaired) electrons. The molecule has 3 aromatic carbocycles. The largest absolute Gasteiger partial charge is 0.508 e. The lowest BCUT2D eigenvalue weighted by Crippen LogP contribution is -2.33. The van der Waals surface area contributed by atoms with E-state index in [0.29, 0.717) is 0 Å². The van der Waals surface area contributed by atoms with E-state index in [1.165, 1.54) is 44.1 Å². The molecule has 0 fully saturated rings. The Morgan fingerprint density at radius 3 is 1.78 bits per heavy atom. The monoisotopic (exact) mass is 742 g/mol. The van der Waals surface area contributed by atoms with Crippen molar-refractivity contribution < 1.29 is 14.6 Å². The number of halogens is 1. The van der Waals surface area contributed by atoms with Crippen LogP contribution in [0.3, 0.4) is 0 Å². The number of nitrogens with zero attached hydrogens (tertiary/aromatic N) is 2. The predicted octanol–water partition coefficient (Wildman–Crippen LogP) is 11.9. The van der Waals surface area contributed by atoms with Crippen LogP contribution in [-0.4, -0.2) is 39.4 Å². The van der Waals surface area contributed by atoms with E-state index in [1.54, 1.807) is 13.2 Å². The van der Waals surface area contributed by atoms with Crippen molar-refractivity contribution in [3.05, 3.63) is 94.8 Å². The number of aryl methyl sites for hydroxylation is 4. The van der Waals surface area contributed by atoms with Crippen LogP contribution in [0, 0.1) is 24.7 Å². The molecule has 6 heteroatoms. The van der Waals surface area contributed by atoms with E-state index in [1.807, 2.05) is 12.1 Å². The van der Waals surface area contributed by atoms with Gasteiger partial charge in [0.1, 0.15) is 11.5 Å². The molecule has 5 nitrogen and oxygen atoms in total. The van der Waals surface area contributed by atoms with E-state index in [4.69, 9.17) is 9.47 Å². The number of phenolic OH excluding ortho intramolecular Hbond substituents is 1. The summed E-state index contributed by atoms with van der Waals surface area (Å²) in [5, 5.41) is 15.0. The molecule has 0 bridgehead atoms. The first-order valence-electron chi connectivity index (χ1n) is 18.4. The van der Waals surface area contributed by atoms with Gasteiger partial charge >= 0.3 is 0 Å². The van der Waals surface area contributed by atoms with E-state index in [2.05, 4.69) is 129 Å². The number of phenols is 1. The standard InChI is InChI=1S/C44H59BrN2O3/c1-30-14-17-38-33(24-30)36(28-46(38)21-11-10-20-45)42(35-26-32(49-9)16-19-40(35)48)37-29-47(39-18-15-31(2)25-34(37)39)22-12-13-23-50-41(44(6,7)8)27-43(3,4)5/h14-19,24-26,28-29,41-42,48H,10-13,20-23,27H2,1-9H3. The van der Waals surface area contributed by atoms with Gasteiger partial charge in [0, 0.05) is 70.7 Å². The van der Waals surface area contributed by atoms with Crippen LogP contribution in [0.15, 0.2) is 67.0 Å². The highest BCUT2D eigenvalue weighted by Gasteiger charge is 2.30. The second-order valence-corrected chi connectivity index (χ2v) is 17.3. The minimum Gasteiger partial charge on any atom is -0.508 e. The molecule has 5 aromatic rings. The zero-order valence-corrected chi connectivity index (χ0v) is 33.5. The maximum atomic E-state index is 11.5. The third-order valence-corrected chi connectivity index (χ3v) is 10.5. The summed E-state index contributed by atoms with van der Waals surface area (Å²) in [5.41, 5.74) is 8.47. The maximum absolute atomic E-state index is 11.5. The van der Waals surface area contributed by atoms with Gasteiger partial charge in [-0.05, 0) is 110 Å². The van der Waals surface area contributed by atoms with Gasteiger partial charge < -0.3 is 23.7 Å². The molecule has 0 aliphatic carbocycles. The van der Waals surface area contributed by atoms with E-state index < -0.39 is 0 Å². The summed E-state index contributed by atoms with van der Waals surface area (Å²) in [4.78, 5) is 0. The Bertz CT molecular complexity index is 1890. The quantitative estimate of drug-likeness (QED) is 0.0858. The number of benzene rings is 3. The second kappa shape index (κ2) is 16.0. The molecule has 5 rings (SSSR count). The minimum absolute atomic E-state index is 0.104. The molecule has 0 saturated heterocycles. The van der Waals surface area contributed by atoms with Gasteiger partial charge in [0.15, 0.2) is 0 Å². The van der Waals surface area contributed by atoms with E-state index in [9.17, 15) is 5.11 Å². The third-order valence-electron chi connectivity index (χ3n) is 9.96. The molecule has 2 heterocycles. The number of rotatable bonds is 15. The number of ether oxygens (including phenoxy) is 2. The number of aromatic nitrogens is 2. The van der Waals surface area contributed by atoms with Crippen LogP contribution in [0.5, 0.6) is 11.5 Å². The fourth-order valence-corrected chi connectivity index (χ4v) is 7.65. The van der Waals surface area contributed by atoms with Crippen LogP contribution in [0.25, 0.3) is 21.8 Å². The molecule has 2 unspecified atom stereocenters. The van der Waals surface area contributed by atoms with Gasteiger partial charge in [-0.3, -0.25) is 0 Å². The Hall–Kier alpha value is -3.22. The number of fused-ring (bicyclic) bond motifs is 2. The Balaban J connectivity index is 1.56. The summed E-state index contributed by atoms with van der Waals surface area (Å²) in [6.07, 6.45) is 10.2. The van der Waals surface area contributed by atoms with E-state index in [0.717, 1.165) is 68.4 Å². The molecule has 2 aromatic heterocycles. The summed E-state index contributed by atoms with van der Waals surface area (Å²) in [6, 6.07) is 19.2. The van der Waals surface area contributed by atoms with Gasteiger partial charge in [-0.25, -0.2) is 0 Å². The lowest BCUT2D eigenvalue weighted by molar-refractivity contribution is -0.0416. The third kappa shape index (κ3) is 8.98. The zero-order valence-electron chi connectivity index (χ0n) is 31.9. The second-order valence-electron chi connectivity index (χ2n) is 16.5. The fourth-order valence-electron chi connectivity index (χ4n) is 7.26. The van der Waals surface area contributed by atoms with Gasteiger partial charge in [0.25, 0.3) is 0 Å². The van der Waals surface area contributed by atoms with Crippen LogP contribution < -0.4 is 4.74 Å². The normalized spacial score (nSPS) is 13.7.